The molecule has 21 heavy (non-hydrogen) atoms. The zero-order valence-electron chi connectivity index (χ0n) is 12.2. The van der Waals surface area contributed by atoms with E-state index in [1.165, 1.54) is 31.0 Å². The van der Waals surface area contributed by atoms with E-state index in [-0.39, 0.29) is 5.91 Å². The van der Waals surface area contributed by atoms with Crippen molar-refractivity contribution < 1.29 is 4.79 Å². The Hall–Kier alpha value is -1.49. The third-order valence-corrected chi connectivity index (χ3v) is 4.77. The number of carbonyl (C=O) groups excluding carboxylic acids is 1. The third-order valence-electron chi connectivity index (χ3n) is 3.91. The number of nitrogens with zero attached hydrogens (tertiary/aromatic N) is 2. The molecule has 3 rings (SSSR count). The van der Waals surface area contributed by atoms with Crippen molar-refractivity contribution in [3.63, 3.8) is 0 Å². The van der Waals surface area contributed by atoms with Crippen LogP contribution in [0.15, 0.2) is 29.4 Å². The molecule has 0 atom stereocenters. The average molecular weight is 303 g/mol. The number of carbonyl (C=O) groups is 1. The zero-order chi connectivity index (χ0) is 14.5. The highest BCUT2D eigenvalue weighted by molar-refractivity contribution is 7.99. The molecule has 0 bridgehead atoms. The second-order valence-corrected chi connectivity index (χ2v) is 6.46. The summed E-state index contributed by atoms with van der Waals surface area (Å²) in [5.74, 6) is 0.710. The molecule has 0 unspecified atom stereocenters. The standard InChI is InChI=1S/C16H21N3OS/c20-15(19-10-6-2-1-3-7-11-19)12-21-16-17-13-8-4-5-9-14(13)18-16/h4-5,8-9H,1-3,6-7,10-12H2,(H,17,18). The summed E-state index contributed by atoms with van der Waals surface area (Å²) in [6.45, 7) is 1.83. The molecule has 1 aliphatic rings. The van der Waals surface area contributed by atoms with Gasteiger partial charge in [-0.15, -0.1) is 0 Å². The predicted molar refractivity (Wildman–Crippen MR) is 86.5 cm³/mol. The molecule has 5 heteroatoms. The first-order valence-electron chi connectivity index (χ1n) is 7.68. The summed E-state index contributed by atoms with van der Waals surface area (Å²) in [4.78, 5) is 22.1. The topological polar surface area (TPSA) is 49.0 Å². The molecule has 0 radical (unpaired) electrons. The van der Waals surface area contributed by atoms with Crippen LogP contribution in [0.4, 0.5) is 0 Å². The molecule has 1 aliphatic heterocycles. The SMILES string of the molecule is O=C(CSc1nc2ccccc2[nH]1)N1CCCCCCC1. The fourth-order valence-electron chi connectivity index (χ4n) is 2.72. The van der Waals surface area contributed by atoms with Crippen molar-refractivity contribution in [1.82, 2.24) is 14.9 Å². The van der Waals surface area contributed by atoms with Gasteiger partial charge in [-0.2, -0.15) is 0 Å². The van der Waals surface area contributed by atoms with E-state index in [4.69, 9.17) is 0 Å². The van der Waals surface area contributed by atoms with Crippen LogP contribution in [0.3, 0.4) is 0 Å². The number of para-hydroxylation sites is 2. The van der Waals surface area contributed by atoms with Crippen molar-refractivity contribution in [2.45, 2.75) is 37.3 Å². The predicted octanol–water partition coefficient (Wildman–Crippen LogP) is 3.45. The van der Waals surface area contributed by atoms with E-state index in [0.29, 0.717) is 5.75 Å². The number of aromatic nitrogens is 2. The van der Waals surface area contributed by atoms with Gasteiger partial charge in [0.25, 0.3) is 0 Å². The Morgan fingerprint density at radius 3 is 2.62 bits per heavy atom. The monoisotopic (exact) mass is 303 g/mol. The van der Waals surface area contributed by atoms with E-state index in [9.17, 15) is 4.79 Å². The molecule has 112 valence electrons. The second-order valence-electron chi connectivity index (χ2n) is 5.50. The van der Waals surface area contributed by atoms with Crippen molar-refractivity contribution in [3.05, 3.63) is 24.3 Å². The Morgan fingerprint density at radius 1 is 1.14 bits per heavy atom. The number of fused-ring (bicyclic) bond motifs is 1. The maximum Gasteiger partial charge on any atom is 0.233 e. The number of hydrogen-bond donors (Lipinski definition) is 1. The number of rotatable bonds is 3. The zero-order valence-corrected chi connectivity index (χ0v) is 13.0. The van der Waals surface area contributed by atoms with Gasteiger partial charge in [0.2, 0.25) is 5.91 Å². The van der Waals surface area contributed by atoms with Crippen LogP contribution in [0.5, 0.6) is 0 Å². The lowest BCUT2D eigenvalue weighted by molar-refractivity contribution is -0.128. The van der Waals surface area contributed by atoms with Crippen LogP contribution in [0.1, 0.15) is 32.1 Å². The van der Waals surface area contributed by atoms with Gasteiger partial charge in [0.15, 0.2) is 5.16 Å². The fraction of sp³-hybridized carbons (Fsp3) is 0.500. The smallest absolute Gasteiger partial charge is 0.233 e. The molecule has 1 aromatic heterocycles. The lowest BCUT2D eigenvalue weighted by Gasteiger charge is -2.24. The first kappa shape index (κ1) is 14.4. The quantitative estimate of drug-likeness (QED) is 0.884. The van der Waals surface area contributed by atoms with Gasteiger partial charge >= 0.3 is 0 Å². The van der Waals surface area contributed by atoms with Gasteiger partial charge in [0, 0.05) is 13.1 Å². The molecule has 1 aromatic carbocycles. The second kappa shape index (κ2) is 6.98. The number of imidazole rings is 1. The number of amides is 1. The summed E-state index contributed by atoms with van der Waals surface area (Å²) in [5.41, 5.74) is 1.98. The van der Waals surface area contributed by atoms with Gasteiger partial charge in [0.05, 0.1) is 16.8 Å². The van der Waals surface area contributed by atoms with Crippen LogP contribution in [-0.4, -0.2) is 39.6 Å². The number of likely N-dealkylation sites (tertiary alicyclic amines) is 1. The average Bonchev–Trinajstić information content (AvgIpc) is 2.87. The maximum atomic E-state index is 12.3. The summed E-state index contributed by atoms with van der Waals surface area (Å²) in [6, 6.07) is 7.95. The van der Waals surface area contributed by atoms with Crippen molar-refractivity contribution in [2.75, 3.05) is 18.8 Å². The summed E-state index contributed by atoms with van der Waals surface area (Å²) >= 11 is 1.50. The lowest BCUT2D eigenvalue weighted by Crippen LogP contribution is -2.35. The molecule has 4 nitrogen and oxygen atoms in total. The van der Waals surface area contributed by atoms with E-state index < -0.39 is 0 Å². The third kappa shape index (κ3) is 3.79. The number of aromatic amines is 1. The van der Waals surface area contributed by atoms with Gasteiger partial charge < -0.3 is 9.88 Å². The maximum absolute atomic E-state index is 12.3. The van der Waals surface area contributed by atoms with E-state index in [0.717, 1.165) is 42.1 Å². The molecule has 0 spiro atoms. The van der Waals surface area contributed by atoms with E-state index in [2.05, 4.69) is 9.97 Å². The largest absolute Gasteiger partial charge is 0.342 e. The van der Waals surface area contributed by atoms with Crippen molar-refractivity contribution in [2.24, 2.45) is 0 Å². The molecular formula is C16H21N3OS. The molecule has 1 saturated heterocycles. The Labute approximate surface area is 129 Å². The summed E-state index contributed by atoms with van der Waals surface area (Å²) in [6.07, 6.45) is 6.10. The minimum Gasteiger partial charge on any atom is -0.342 e. The summed E-state index contributed by atoms with van der Waals surface area (Å²) in [5, 5.41) is 0.830. The Morgan fingerprint density at radius 2 is 1.86 bits per heavy atom. The molecular weight excluding hydrogens is 282 g/mol. The van der Waals surface area contributed by atoms with Gasteiger partial charge in [-0.1, -0.05) is 43.2 Å². The molecule has 0 aliphatic carbocycles. The van der Waals surface area contributed by atoms with E-state index >= 15 is 0 Å². The molecule has 2 heterocycles. The highest BCUT2D eigenvalue weighted by Crippen LogP contribution is 2.20. The first-order chi connectivity index (χ1) is 10.3. The Bertz CT molecular complexity index is 569. The number of benzene rings is 1. The Kier molecular flexibility index (Phi) is 4.80. The highest BCUT2D eigenvalue weighted by atomic mass is 32.2. The van der Waals surface area contributed by atoms with Crippen LogP contribution in [0.2, 0.25) is 0 Å². The molecule has 1 amide bonds. The Balaban J connectivity index is 1.56. The van der Waals surface area contributed by atoms with Crippen LogP contribution in [-0.2, 0) is 4.79 Å². The molecule has 0 saturated carbocycles. The van der Waals surface area contributed by atoms with Crippen molar-refractivity contribution in [3.8, 4) is 0 Å². The van der Waals surface area contributed by atoms with Crippen LogP contribution < -0.4 is 0 Å². The van der Waals surface area contributed by atoms with Gasteiger partial charge in [-0.05, 0) is 25.0 Å². The fourth-order valence-corrected chi connectivity index (χ4v) is 3.50. The molecule has 1 N–H and O–H groups in total. The van der Waals surface area contributed by atoms with E-state index in [1.54, 1.807) is 0 Å². The first-order valence-corrected chi connectivity index (χ1v) is 8.67. The number of hydrogen-bond acceptors (Lipinski definition) is 3. The summed E-state index contributed by atoms with van der Waals surface area (Å²) in [7, 11) is 0. The molecule has 2 aromatic rings. The molecule has 1 fully saturated rings. The van der Waals surface area contributed by atoms with Crippen molar-refractivity contribution in [1.29, 1.82) is 0 Å². The minimum atomic E-state index is 0.238. The lowest BCUT2D eigenvalue weighted by atomic mass is 10.1. The number of nitrogens with one attached hydrogen (secondary N) is 1. The number of H-pyrrole nitrogens is 1. The van der Waals surface area contributed by atoms with Crippen LogP contribution >= 0.6 is 11.8 Å². The van der Waals surface area contributed by atoms with Gasteiger partial charge in [-0.25, -0.2) is 4.98 Å². The van der Waals surface area contributed by atoms with E-state index in [1.807, 2.05) is 29.2 Å². The highest BCUT2D eigenvalue weighted by Gasteiger charge is 2.15. The van der Waals surface area contributed by atoms with Crippen LogP contribution in [0.25, 0.3) is 11.0 Å². The minimum absolute atomic E-state index is 0.238. The van der Waals surface area contributed by atoms with Crippen molar-refractivity contribution >= 4 is 28.7 Å². The normalized spacial score (nSPS) is 16.7. The summed E-state index contributed by atoms with van der Waals surface area (Å²) < 4.78 is 0. The van der Waals surface area contributed by atoms with Crippen LogP contribution in [0, 0.1) is 0 Å². The number of thioether (sulfide) groups is 1. The van der Waals surface area contributed by atoms with Gasteiger partial charge in [-0.3, -0.25) is 4.79 Å². The van der Waals surface area contributed by atoms with Gasteiger partial charge in [0.1, 0.15) is 0 Å².